The molecule has 0 aromatic heterocycles. The number of carboxylic acids is 1. The second-order valence-electron chi connectivity index (χ2n) is 6.34. The topological polar surface area (TPSA) is 94.1 Å². The third kappa shape index (κ3) is 5.39. The molecule has 2 aromatic carbocycles. The fraction of sp³-hybridized carbons (Fsp3) is 0.333. The van der Waals surface area contributed by atoms with Crippen molar-refractivity contribution in [3.63, 3.8) is 0 Å². The summed E-state index contributed by atoms with van der Waals surface area (Å²) < 4.78 is 16.2. The number of para-hydroxylation sites is 1. The minimum absolute atomic E-state index is 0.222. The first-order valence-electron chi connectivity index (χ1n) is 8.77. The number of nitrogens with one attached hydrogen (secondary N) is 1. The van der Waals surface area contributed by atoms with E-state index in [1.165, 1.54) is 14.2 Å². The largest absolute Gasteiger partial charge is 0.497 e. The third-order valence-electron chi connectivity index (χ3n) is 4.29. The summed E-state index contributed by atoms with van der Waals surface area (Å²) >= 11 is 0. The van der Waals surface area contributed by atoms with E-state index in [0.717, 1.165) is 11.1 Å². The lowest BCUT2D eigenvalue weighted by atomic mass is 10.0. The average molecular weight is 387 g/mol. The number of amides is 1. The smallest absolute Gasteiger partial charge is 0.305 e. The average Bonchev–Trinajstić information content (AvgIpc) is 2.66. The number of ether oxygens (including phenoxy) is 3. The van der Waals surface area contributed by atoms with Crippen LogP contribution in [0.1, 0.15) is 29.2 Å². The molecule has 1 atom stereocenters. The zero-order chi connectivity index (χ0) is 20.7. The van der Waals surface area contributed by atoms with Gasteiger partial charge >= 0.3 is 5.97 Å². The maximum absolute atomic E-state index is 12.4. The van der Waals surface area contributed by atoms with E-state index in [0.29, 0.717) is 22.8 Å². The summed E-state index contributed by atoms with van der Waals surface area (Å²) in [6, 6.07) is 9.95. The third-order valence-corrected chi connectivity index (χ3v) is 4.29. The van der Waals surface area contributed by atoms with Crippen molar-refractivity contribution in [2.45, 2.75) is 26.3 Å². The summed E-state index contributed by atoms with van der Waals surface area (Å²) in [5.74, 6) is 0.181. The van der Waals surface area contributed by atoms with Crippen LogP contribution >= 0.6 is 0 Å². The van der Waals surface area contributed by atoms with Crippen LogP contribution < -0.4 is 19.5 Å². The van der Waals surface area contributed by atoms with E-state index in [2.05, 4.69) is 5.32 Å². The lowest BCUT2D eigenvalue weighted by Gasteiger charge is -2.21. The molecule has 0 aliphatic carbocycles. The first-order valence-corrected chi connectivity index (χ1v) is 8.77. The highest BCUT2D eigenvalue weighted by molar-refractivity contribution is 5.79. The van der Waals surface area contributed by atoms with E-state index in [1.807, 2.05) is 32.0 Å². The van der Waals surface area contributed by atoms with Gasteiger partial charge in [-0.05, 0) is 37.1 Å². The normalized spacial score (nSPS) is 11.4. The molecule has 150 valence electrons. The summed E-state index contributed by atoms with van der Waals surface area (Å²) in [4.78, 5) is 23.7. The number of benzene rings is 2. The van der Waals surface area contributed by atoms with Gasteiger partial charge in [0.15, 0.2) is 6.61 Å². The molecule has 2 rings (SSSR count). The molecule has 2 N–H and O–H groups in total. The summed E-state index contributed by atoms with van der Waals surface area (Å²) in [6.07, 6.45) is -0.294. The van der Waals surface area contributed by atoms with Crippen molar-refractivity contribution >= 4 is 11.9 Å². The molecule has 0 saturated heterocycles. The summed E-state index contributed by atoms with van der Waals surface area (Å²) in [5.41, 5.74) is 2.39. The molecule has 0 heterocycles. The Balaban J connectivity index is 2.16. The van der Waals surface area contributed by atoms with Gasteiger partial charge in [0.2, 0.25) is 0 Å². The van der Waals surface area contributed by atoms with Crippen molar-refractivity contribution in [1.29, 1.82) is 0 Å². The van der Waals surface area contributed by atoms with Gasteiger partial charge in [-0.2, -0.15) is 0 Å². The highest BCUT2D eigenvalue weighted by Gasteiger charge is 2.22. The molecule has 0 radical (unpaired) electrons. The molecule has 28 heavy (non-hydrogen) atoms. The number of aliphatic carboxylic acids is 1. The van der Waals surface area contributed by atoms with Crippen molar-refractivity contribution in [2.75, 3.05) is 20.8 Å². The fourth-order valence-corrected chi connectivity index (χ4v) is 2.92. The first-order chi connectivity index (χ1) is 13.3. The standard InChI is InChI=1S/C21H25NO6/c1-13-6-5-7-14(2)21(13)28-12-19(23)22-17(11-20(24)25)16-9-8-15(26-3)10-18(16)27-4/h5-10,17H,11-12H2,1-4H3,(H,22,23)(H,24,25). The Labute approximate surface area is 164 Å². The van der Waals surface area contributed by atoms with E-state index in [1.54, 1.807) is 18.2 Å². The lowest BCUT2D eigenvalue weighted by Crippen LogP contribution is -2.34. The van der Waals surface area contributed by atoms with Crippen LogP contribution in [0.2, 0.25) is 0 Å². The molecule has 2 aromatic rings. The Morgan fingerprint density at radius 2 is 1.75 bits per heavy atom. The van der Waals surface area contributed by atoms with Crippen LogP contribution in [-0.2, 0) is 9.59 Å². The molecule has 0 aliphatic heterocycles. The molecular formula is C21H25NO6. The number of carboxylic acid groups (broad SMARTS) is 1. The van der Waals surface area contributed by atoms with Gasteiger partial charge in [-0.1, -0.05) is 18.2 Å². The van der Waals surface area contributed by atoms with Crippen LogP contribution in [0.4, 0.5) is 0 Å². The molecule has 0 aliphatic rings. The van der Waals surface area contributed by atoms with Crippen LogP contribution in [0.5, 0.6) is 17.2 Å². The first kappa shape index (κ1) is 21.1. The van der Waals surface area contributed by atoms with Crippen LogP contribution in [0.25, 0.3) is 0 Å². The van der Waals surface area contributed by atoms with Crippen LogP contribution in [0.3, 0.4) is 0 Å². The molecule has 1 amide bonds. The Hall–Kier alpha value is -3.22. The van der Waals surface area contributed by atoms with Crippen LogP contribution in [-0.4, -0.2) is 37.8 Å². The second-order valence-corrected chi connectivity index (χ2v) is 6.34. The number of hydrogen-bond donors (Lipinski definition) is 2. The monoisotopic (exact) mass is 387 g/mol. The lowest BCUT2D eigenvalue weighted by molar-refractivity contribution is -0.137. The fourth-order valence-electron chi connectivity index (χ4n) is 2.92. The minimum Gasteiger partial charge on any atom is -0.497 e. The number of rotatable bonds is 9. The number of carbonyl (C=O) groups excluding carboxylic acids is 1. The minimum atomic E-state index is -1.04. The van der Waals surface area contributed by atoms with E-state index in [-0.39, 0.29) is 13.0 Å². The molecule has 7 heteroatoms. The van der Waals surface area contributed by atoms with Crippen molar-refractivity contribution in [3.8, 4) is 17.2 Å². The van der Waals surface area contributed by atoms with Gasteiger partial charge in [-0.3, -0.25) is 9.59 Å². The van der Waals surface area contributed by atoms with Crippen LogP contribution in [0, 0.1) is 13.8 Å². The van der Waals surface area contributed by atoms with Gasteiger partial charge in [-0.25, -0.2) is 0 Å². The van der Waals surface area contributed by atoms with Crippen molar-refractivity contribution in [1.82, 2.24) is 5.32 Å². The zero-order valence-corrected chi connectivity index (χ0v) is 16.4. The Bertz CT molecular complexity index is 829. The van der Waals surface area contributed by atoms with Gasteiger partial charge < -0.3 is 24.6 Å². The summed E-state index contributed by atoms with van der Waals surface area (Å²) in [7, 11) is 3.00. The van der Waals surface area contributed by atoms with Crippen LogP contribution in [0.15, 0.2) is 36.4 Å². The number of methoxy groups -OCH3 is 2. The number of hydrogen-bond acceptors (Lipinski definition) is 5. The van der Waals surface area contributed by atoms with Gasteiger partial charge in [0, 0.05) is 11.6 Å². The number of carbonyl (C=O) groups is 2. The zero-order valence-electron chi connectivity index (χ0n) is 16.4. The maximum Gasteiger partial charge on any atom is 0.305 e. The van der Waals surface area contributed by atoms with E-state index in [9.17, 15) is 14.7 Å². The van der Waals surface area contributed by atoms with Crippen molar-refractivity contribution < 1.29 is 28.9 Å². The number of aryl methyl sites for hydroxylation is 2. The Morgan fingerprint density at radius 3 is 2.32 bits per heavy atom. The highest BCUT2D eigenvalue weighted by Crippen LogP contribution is 2.31. The molecule has 0 saturated carbocycles. The van der Waals surface area contributed by atoms with E-state index >= 15 is 0 Å². The van der Waals surface area contributed by atoms with Gasteiger partial charge in [0.1, 0.15) is 17.2 Å². The predicted octanol–water partition coefficient (Wildman–Crippen LogP) is 3.03. The summed E-state index contributed by atoms with van der Waals surface area (Å²) in [6.45, 7) is 3.58. The molecule has 7 nitrogen and oxygen atoms in total. The van der Waals surface area contributed by atoms with E-state index < -0.39 is 17.9 Å². The quantitative estimate of drug-likeness (QED) is 0.687. The molecular weight excluding hydrogens is 362 g/mol. The van der Waals surface area contributed by atoms with E-state index in [4.69, 9.17) is 14.2 Å². The molecule has 0 bridgehead atoms. The maximum atomic E-state index is 12.4. The SMILES string of the molecule is COc1ccc(C(CC(=O)O)NC(=O)COc2c(C)cccc2C)c(OC)c1. The summed E-state index contributed by atoms with van der Waals surface area (Å²) in [5, 5.41) is 12.0. The highest BCUT2D eigenvalue weighted by atomic mass is 16.5. The second kappa shape index (κ2) is 9.64. The van der Waals surface area contributed by atoms with Gasteiger partial charge in [0.25, 0.3) is 5.91 Å². The Kier molecular flexibility index (Phi) is 7.26. The van der Waals surface area contributed by atoms with Gasteiger partial charge in [-0.15, -0.1) is 0 Å². The van der Waals surface area contributed by atoms with Crippen molar-refractivity contribution in [2.24, 2.45) is 0 Å². The Morgan fingerprint density at radius 1 is 1.07 bits per heavy atom. The molecule has 0 spiro atoms. The molecule has 0 fully saturated rings. The molecule has 1 unspecified atom stereocenters. The van der Waals surface area contributed by atoms with Crippen molar-refractivity contribution in [3.05, 3.63) is 53.1 Å². The van der Waals surface area contributed by atoms with Gasteiger partial charge in [0.05, 0.1) is 26.7 Å². The predicted molar refractivity (Wildman–Crippen MR) is 104 cm³/mol.